The van der Waals surface area contributed by atoms with Crippen LogP contribution in [0.4, 0.5) is 22.1 Å². The minimum atomic E-state index is -1.17. The molecule has 4 N–H and O–H groups in total. The summed E-state index contributed by atoms with van der Waals surface area (Å²) in [6.07, 6.45) is 6.85. The molecule has 1 aliphatic heterocycles. The molecule has 2 aromatic rings. The number of carbonyl (C=O) groups excluding carboxylic acids is 4. The first kappa shape index (κ1) is 36.3. The van der Waals surface area contributed by atoms with Crippen LogP contribution in [0.25, 0.3) is 0 Å². The van der Waals surface area contributed by atoms with Gasteiger partial charge in [-0.25, -0.2) is 4.79 Å². The summed E-state index contributed by atoms with van der Waals surface area (Å²) in [6.45, 7) is 9.45. The Balaban J connectivity index is 1.28. The monoisotopic (exact) mass is 720 g/mol. The van der Waals surface area contributed by atoms with E-state index in [-0.39, 0.29) is 37.2 Å². The molecule has 6 rings (SSSR count). The summed E-state index contributed by atoms with van der Waals surface area (Å²) < 4.78 is 14.0. The van der Waals surface area contributed by atoms with Gasteiger partial charge in [0, 0.05) is 22.9 Å². The second kappa shape index (κ2) is 15.0. The Hall–Kier alpha value is -4.53. The quantitative estimate of drug-likeness (QED) is 0.172. The Kier molecular flexibility index (Phi) is 10.7. The van der Waals surface area contributed by atoms with E-state index in [0.717, 1.165) is 44.2 Å². The highest BCUT2D eigenvalue weighted by molar-refractivity contribution is 7.98. The van der Waals surface area contributed by atoms with Gasteiger partial charge in [0.05, 0.1) is 20.3 Å². The number of methoxy groups -OCH3 is 1. The van der Waals surface area contributed by atoms with Crippen LogP contribution in [-0.2, 0) is 19.1 Å². The topological polar surface area (TPSA) is 167 Å². The van der Waals surface area contributed by atoms with Crippen LogP contribution in [0.3, 0.4) is 0 Å². The van der Waals surface area contributed by atoms with E-state index in [2.05, 4.69) is 37.2 Å². The van der Waals surface area contributed by atoms with Crippen LogP contribution in [-0.4, -0.2) is 88.0 Å². The second-order valence-corrected chi connectivity index (χ2v) is 15.9. The van der Waals surface area contributed by atoms with Crippen LogP contribution in [0.15, 0.2) is 49.1 Å². The Morgan fingerprint density at radius 3 is 2.43 bits per heavy atom. The molecular weight excluding hydrogens is 673 g/mol. The fourth-order valence-corrected chi connectivity index (χ4v) is 7.36. The average Bonchev–Trinajstić information content (AvgIpc) is 3.95. The number of carbonyl (C=O) groups is 4. The largest absolute Gasteiger partial charge is 0.467 e. The van der Waals surface area contributed by atoms with Crippen molar-refractivity contribution in [2.75, 3.05) is 30.5 Å². The number of benzene rings is 1. The summed E-state index contributed by atoms with van der Waals surface area (Å²) in [5.74, 6) is -0.629. The number of alkyl carbamates (subject to hydrolysis) is 1. The maximum atomic E-state index is 14.6. The molecule has 4 aliphatic rings. The van der Waals surface area contributed by atoms with Gasteiger partial charge in [0.2, 0.25) is 11.8 Å². The van der Waals surface area contributed by atoms with Crippen LogP contribution in [0.5, 0.6) is 6.01 Å². The maximum absolute atomic E-state index is 14.6. The number of aromatic nitrogens is 2. The lowest BCUT2D eigenvalue weighted by Crippen LogP contribution is -2.60. The number of ether oxygens (including phenoxy) is 2. The first-order valence-electron chi connectivity index (χ1n) is 17.6. The van der Waals surface area contributed by atoms with Crippen molar-refractivity contribution in [3.8, 4) is 6.01 Å². The van der Waals surface area contributed by atoms with Gasteiger partial charge in [-0.05, 0) is 74.4 Å². The average molecular weight is 721 g/mol. The van der Waals surface area contributed by atoms with Crippen LogP contribution in [0.2, 0.25) is 0 Å². The molecule has 2 heterocycles. The zero-order chi connectivity index (χ0) is 36.3. The predicted molar refractivity (Wildman–Crippen MR) is 194 cm³/mol. The van der Waals surface area contributed by atoms with Gasteiger partial charge >= 0.3 is 12.1 Å². The number of para-hydroxylation sites is 1. The SMILES string of the molecule is C=C[C@@H]1C[C@]1(NC(=O)[C@@H]1CN(c2cc(Nc3ccccc3)nc(OC)n2)CN1C(=O)[C@@H](NC(=O)OC1CCCC1)C(C)(C)C)C(=O)NSC1CC1. The highest BCUT2D eigenvalue weighted by Gasteiger charge is 2.61. The van der Waals surface area contributed by atoms with Crippen molar-refractivity contribution in [2.45, 2.75) is 94.7 Å². The highest BCUT2D eigenvalue weighted by atomic mass is 32.2. The molecule has 51 heavy (non-hydrogen) atoms. The Morgan fingerprint density at radius 2 is 1.80 bits per heavy atom. The molecule has 274 valence electrons. The first-order valence-corrected chi connectivity index (χ1v) is 18.5. The standard InChI is InChI=1S/C36H48N8O6S/c1-6-22-19-36(22,32(47)42-51-25-16-17-25)41-30(45)26-20-43(28-18-27(38-33(39-28)49-5)37-23-12-8-7-9-13-23)21-44(26)31(46)29(35(2,3)4)40-34(48)50-24-14-10-11-15-24/h6-9,12-13,18,22,24-26,29H,1,10-11,14-17,19-21H2,2-5H3,(H,40,48)(H,41,45)(H,42,47)(H,37,38,39)/t22-,26+,29-,36-/m1/s1. The van der Waals surface area contributed by atoms with Gasteiger partial charge < -0.3 is 35.2 Å². The first-order chi connectivity index (χ1) is 24.4. The molecule has 0 radical (unpaired) electrons. The van der Waals surface area contributed by atoms with Gasteiger partial charge in [-0.1, -0.05) is 45.0 Å². The minimum Gasteiger partial charge on any atom is -0.467 e. The number of amides is 4. The van der Waals surface area contributed by atoms with E-state index in [1.807, 2.05) is 51.1 Å². The van der Waals surface area contributed by atoms with E-state index in [1.54, 1.807) is 17.0 Å². The smallest absolute Gasteiger partial charge is 0.408 e. The molecule has 0 unspecified atom stereocenters. The van der Waals surface area contributed by atoms with E-state index in [0.29, 0.717) is 23.3 Å². The summed E-state index contributed by atoms with van der Waals surface area (Å²) >= 11 is 1.38. The molecule has 0 spiro atoms. The van der Waals surface area contributed by atoms with Crippen LogP contribution < -0.4 is 30.3 Å². The molecule has 4 amide bonds. The number of hydrogen-bond donors (Lipinski definition) is 4. The van der Waals surface area contributed by atoms with Crippen molar-refractivity contribution in [3.63, 3.8) is 0 Å². The fraction of sp³-hybridized carbons (Fsp3) is 0.556. The van der Waals surface area contributed by atoms with Crippen LogP contribution >= 0.6 is 11.9 Å². The minimum absolute atomic E-state index is 0.0323. The zero-order valence-corrected chi connectivity index (χ0v) is 30.5. The molecule has 1 aromatic carbocycles. The summed E-state index contributed by atoms with van der Waals surface area (Å²) in [7, 11) is 1.46. The lowest BCUT2D eigenvalue weighted by atomic mass is 9.85. The van der Waals surface area contributed by atoms with Crippen molar-refractivity contribution in [1.29, 1.82) is 0 Å². The van der Waals surface area contributed by atoms with E-state index < -0.39 is 40.9 Å². The third-order valence-electron chi connectivity index (χ3n) is 9.77. The number of rotatable bonds is 13. The molecule has 3 aliphatic carbocycles. The van der Waals surface area contributed by atoms with E-state index in [1.165, 1.54) is 24.0 Å². The summed E-state index contributed by atoms with van der Waals surface area (Å²) in [4.78, 5) is 67.7. The molecule has 3 saturated carbocycles. The second-order valence-electron chi connectivity index (χ2n) is 14.8. The highest BCUT2D eigenvalue weighted by Crippen LogP contribution is 2.46. The van der Waals surface area contributed by atoms with Crippen LogP contribution in [0, 0.1) is 11.3 Å². The van der Waals surface area contributed by atoms with Gasteiger partial charge in [-0.3, -0.25) is 19.1 Å². The van der Waals surface area contributed by atoms with E-state index >= 15 is 0 Å². The molecule has 4 atom stereocenters. The lowest BCUT2D eigenvalue weighted by molar-refractivity contribution is -0.142. The van der Waals surface area contributed by atoms with Crippen molar-refractivity contribution < 1.29 is 28.7 Å². The third kappa shape index (κ3) is 8.51. The summed E-state index contributed by atoms with van der Waals surface area (Å²) in [5.41, 5.74) is -1.11. The molecule has 1 saturated heterocycles. The lowest BCUT2D eigenvalue weighted by Gasteiger charge is -2.35. The summed E-state index contributed by atoms with van der Waals surface area (Å²) in [6, 6.07) is 9.24. The number of nitrogens with one attached hydrogen (secondary N) is 4. The molecule has 0 bridgehead atoms. The normalized spacial score (nSPS) is 23.6. The van der Waals surface area contributed by atoms with Crippen molar-refractivity contribution >= 4 is 53.1 Å². The van der Waals surface area contributed by atoms with Gasteiger partial charge in [0.1, 0.15) is 35.4 Å². The molecular formula is C36H48N8O6S. The number of hydrogen-bond acceptors (Lipinski definition) is 11. The van der Waals surface area contributed by atoms with Gasteiger partial charge in [0.25, 0.3) is 5.91 Å². The molecule has 4 fully saturated rings. The predicted octanol–water partition coefficient (Wildman–Crippen LogP) is 4.27. The molecule has 15 heteroatoms. The van der Waals surface area contributed by atoms with Gasteiger partial charge in [-0.2, -0.15) is 9.97 Å². The maximum Gasteiger partial charge on any atom is 0.408 e. The molecule has 1 aromatic heterocycles. The number of anilines is 3. The molecule has 14 nitrogen and oxygen atoms in total. The van der Waals surface area contributed by atoms with Gasteiger partial charge in [-0.15, -0.1) is 6.58 Å². The third-order valence-corrected chi connectivity index (χ3v) is 10.9. The van der Waals surface area contributed by atoms with E-state index in [4.69, 9.17) is 9.47 Å². The van der Waals surface area contributed by atoms with Crippen molar-refractivity contribution in [1.82, 2.24) is 30.2 Å². The Morgan fingerprint density at radius 1 is 1.08 bits per heavy atom. The Labute approximate surface area is 303 Å². The van der Waals surface area contributed by atoms with Crippen LogP contribution in [0.1, 0.15) is 65.7 Å². The van der Waals surface area contributed by atoms with Gasteiger partial charge in [0.15, 0.2) is 0 Å². The number of nitrogens with zero attached hydrogens (tertiary/aromatic N) is 4. The fourth-order valence-electron chi connectivity index (χ4n) is 6.54. The van der Waals surface area contributed by atoms with E-state index in [9.17, 15) is 19.2 Å². The summed E-state index contributed by atoms with van der Waals surface area (Å²) in [5, 5.41) is 9.46. The van der Waals surface area contributed by atoms with Crippen molar-refractivity contribution in [3.05, 3.63) is 49.1 Å². The van der Waals surface area contributed by atoms with Crippen molar-refractivity contribution in [2.24, 2.45) is 11.3 Å². The zero-order valence-electron chi connectivity index (χ0n) is 29.6. The Bertz CT molecular complexity index is 1630.